The Labute approximate surface area is 409 Å². The topological polar surface area (TPSA) is 219 Å². The second kappa shape index (κ2) is 22.7. The van der Waals surface area contributed by atoms with Crippen molar-refractivity contribution >= 4 is 54.6 Å². The van der Waals surface area contributed by atoms with Crippen molar-refractivity contribution in [2.24, 2.45) is 0 Å². The zero-order chi connectivity index (χ0) is 49.1. The van der Waals surface area contributed by atoms with E-state index < -0.39 is 65.8 Å². The van der Waals surface area contributed by atoms with Gasteiger partial charge in [0.15, 0.2) is 9.84 Å². The molecule has 0 aliphatic carbocycles. The van der Waals surface area contributed by atoms with E-state index in [0.29, 0.717) is 37.5 Å². The Balaban J connectivity index is 1.46. The van der Waals surface area contributed by atoms with Crippen LogP contribution >= 0.6 is 22.6 Å². The Morgan fingerprint density at radius 1 is 0.721 bits per heavy atom. The zero-order valence-electron chi connectivity index (χ0n) is 38.2. The van der Waals surface area contributed by atoms with Crippen LogP contribution in [0.5, 0.6) is 17.2 Å². The average molecular weight is 1080 g/mol. The lowest BCUT2D eigenvalue weighted by Crippen LogP contribution is -2.49. The van der Waals surface area contributed by atoms with Gasteiger partial charge in [-0.2, -0.15) is 9.10 Å². The van der Waals surface area contributed by atoms with Gasteiger partial charge >= 0.3 is 12.2 Å². The van der Waals surface area contributed by atoms with E-state index in [1.165, 1.54) is 31.1 Å². The molecule has 0 unspecified atom stereocenters. The number of benzene rings is 5. The predicted octanol–water partition coefficient (Wildman–Crippen LogP) is 7.00. The van der Waals surface area contributed by atoms with Crippen molar-refractivity contribution in [3.63, 3.8) is 0 Å². The number of hydrogen-bond donors (Lipinski definition) is 2. The third-order valence-electron chi connectivity index (χ3n) is 10.0. The molecule has 1 heterocycles. The van der Waals surface area contributed by atoms with Gasteiger partial charge in [-0.15, -0.1) is 10.2 Å². The summed E-state index contributed by atoms with van der Waals surface area (Å²) >= 11 is 1.92. The summed E-state index contributed by atoms with van der Waals surface area (Å²) in [6, 6.07) is 30.9. The summed E-state index contributed by atoms with van der Waals surface area (Å²) in [4.78, 5) is 26.2. The first-order chi connectivity index (χ1) is 32.4. The minimum Gasteiger partial charge on any atom is -0.497 e. The lowest BCUT2D eigenvalue weighted by atomic mass is 10.2. The zero-order valence-corrected chi connectivity index (χ0v) is 42.0. The van der Waals surface area contributed by atoms with Crippen LogP contribution in [-0.2, 0) is 55.6 Å². The van der Waals surface area contributed by atoms with E-state index in [4.69, 9.17) is 23.7 Å². The molecule has 0 saturated heterocycles. The minimum absolute atomic E-state index is 0.0793. The number of sulfone groups is 1. The maximum Gasteiger partial charge on any atom is 0.407 e. The third kappa shape index (κ3) is 13.9. The first kappa shape index (κ1) is 51.1. The number of halogens is 1. The third-order valence-corrected chi connectivity index (χ3v) is 14.8. The van der Waals surface area contributed by atoms with Gasteiger partial charge in [-0.1, -0.05) is 66.7 Å². The van der Waals surface area contributed by atoms with Crippen LogP contribution < -0.4 is 24.8 Å². The van der Waals surface area contributed by atoms with Gasteiger partial charge < -0.3 is 34.3 Å². The van der Waals surface area contributed by atoms with Crippen LogP contribution in [0.2, 0.25) is 0 Å². The molecule has 1 aromatic heterocycles. The van der Waals surface area contributed by atoms with Crippen molar-refractivity contribution < 1.29 is 50.1 Å². The average Bonchev–Trinajstić information content (AvgIpc) is 3.77. The van der Waals surface area contributed by atoms with Gasteiger partial charge in [0.1, 0.15) is 34.4 Å². The number of rotatable bonds is 20. The van der Waals surface area contributed by atoms with Crippen LogP contribution in [0.1, 0.15) is 43.0 Å². The lowest BCUT2D eigenvalue weighted by molar-refractivity contribution is 0.0507. The lowest BCUT2D eigenvalue weighted by Gasteiger charge is -2.27. The molecule has 6 aromatic rings. The molecule has 0 radical (unpaired) electrons. The van der Waals surface area contributed by atoms with Crippen molar-refractivity contribution in [1.29, 1.82) is 0 Å². The van der Waals surface area contributed by atoms with E-state index in [1.54, 1.807) is 113 Å². The van der Waals surface area contributed by atoms with Crippen molar-refractivity contribution in [3.05, 3.63) is 141 Å². The fourth-order valence-electron chi connectivity index (χ4n) is 6.74. The largest absolute Gasteiger partial charge is 0.497 e. The second-order valence-electron chi connectivity index (χ2n) is 16.3. The molecule has 18 nitrogen and oxygen atoms in total. The number of ether oxygens (including phenoxy) is 5. The highest BCUT2D eigenvalue weighted by Crippen LogP contribution is 2.38. The molecule has 0 bridgehead atoms. The van der Waals surface area contributed by atoms with Crippen molar-refractivity contribution in [3.8, 4) is 28.6 Å². The van der Waals surface area contributed by atoms with E-state index >= 15 is 16.8 Å². The van der Waals surface area contributed by atoms with E-state index in [1.807, 2.05) is 40.8 Å². The van der Waals surface area contributed by atoms with Crippen molar-refractivity contribution in [1.82, 2.24) is 35.1 Å². The second-order valence-corrected chi connectivity index (χ2v) is 21.3. The highest BCUT2D eigenvalue weighted by molar-refractivity contribution is 14.1. The number of carbonyl (C=O) groups is 2. The number of nitrogens with one attached hydrogen (secondary N) is 2. The quantitative estimate of drug-likeness (QED) is 0.0736. The number of carbonyl (C=O) groups excluding carboxylic acids is 2. The summed E-state index contributed by atoms with van der Waals surface area (Å²) in [6.45, 7) is 4.08. The van der Waals surface area contributed by atoms with Gasteiger partial charge in [0.2, 0.25) is 15.8 Å². The van der Waals surface area contributed by atoms with Gasteiger partial charge in [0.05, 0.1) is 50.1 Å². The van der Waals surface area contributed by atoms with Gasteiger partial charge in [0.25, 0.3) is 0 Å². The molecule has 2 amide bonds. The Morgan fingerprint density at radius 3 is 1.79 bits per heavy atom. The fraction of sp³-hybridized carbons (Fsp3) is 0.298. The molecule has 21 heteroatoms. The smallest absolute Gasteiger partial charge is 0.407 e. The Kier molecular flexibility index (Phi) is 17.0. The van der Waals surface area contributed by atoms with Crippen LogP contribution in [0.25, 0.3) is 11.4 Å². The van der Waals surface area contributed by atoms with E-state index in [2.05, 4.69) is 26.0 Å². The molecular weight excluding hydrogens is 1030 g/mol. The molecule has 0 aliphatic rings. The van der Waals surface area contributed by atoms with Crippen LogP contribution in [0, 0.1) is 3.57 Å². The summed E-state index contributed by atoms with van der Waals surface area (Å²) in [5, 5.41) is 18.2. The number of amides is 2. The number of aromatic nitrogens is 4. The molecule has 0 spiro atoms. The van der Waals surface area contributed by atoms with E-state index in [9.17, 15) is 9.59 Å². The van der Waals surface area contributed by atoms with Gasteiger partial charge in [-0.3, -0.25) is 0 Å². The first-order valence-corrected chi connectivity index (χ1v) is 25.2. The maximum absolute atomic E-state index is 15.7. The summed E-state index contributed by atoms with van der Waals surface area (Å²) in [5.41, 5.74) is 1.52. The number of hydrogen-bond acceptors (Lipinski definition) is 14. The summed E-state index contributed by atoms with van der Waals surface area (Å²) < 4.78 is 89.9. The Morgan fingerprint density at radius 2 is 1.26 bits per heavy atom. The molecule has 0 fully saturated rings. The summed E-state index contributed by atoms with van der Waals surface area (Å²) in [6.07, 6.45) is -1.87. The molecule has 6 rings (SSSR count). The Hall–Kier alpha value is -6.30. The SMILES string of the molecule is COc1ccc(CN(Cc2ccc(OC)cc2)S(=O)(=O)c2c(S(=O)(=O)C[C@H](CNC(=O)OCc3ccccc3)NC(=O)OC(C)(C)C)ccc(I)c2-c2nnn(Cc3ccc(OC)cc3)n2)cc1. The van der Waals surface area contributed by atoms with Crippen LogP contribution in [0.15, 0.2) is 125 Å². The number of methoxy groups -OCH3 is 3. The van der Waals surface area contributed by atoms with Crippen molar-refractivity contribution in [2.75, 3.05) is 33.6 Å². The summed E-state index contributed by atoms with van der Waals surface area (Å²) in [5.74, 6) is 0.661. The van der Waals surface area contributed by atoms with E-state index in [-0.39, 0.29) is 37.6 Å². The highest BCUT2D eigenvalue weighted by Gasteiger charge is 2.38. The molecule has 360 valence electrons. The number of nitrogens with zero attached hydrogens (tertiary/aromatic N) is 5. The molecular formula is C47H52IN7O11S2. The highest BCUT2D eigenvalue weighted by atomic mass is 127. The standard InChI is InChI=1S/C47H52IN7O11S2/c1-47(2,3)66-46(57)50-36(26-49-45(56)65-30-35-10-8-7-9-11-35)31-67(58,59)41-25-24-40(48)42(44-51-53-55(52-44)29-34-16-22-39(64-6)23-17-34)43(41)68(60,61)54(27-32-12-18-37(62-4)19-13-32)28-33-14-20-38(63-5)21-15-33/h7-25,36H,26-31H2,1-6H3,(H,49,56)(H,50,57)/t36-/m0/s1. The fourth-order valence-corrected chi connectivity index (χ4v) is 11.6. The van der Waals surface area contributed by atoms with Crippen LogP contribution in [0.4, 0.5) is 9.59 Å². The maximum atomic E-state index is 15.7. The normalized spacial score (nSPS) is 12.2. The minimum atomic E-state index is -4.89. The number of tetrazole rings is 1. The molecule has 1 atom stereocenters. The summed E-state index contributed by atoms with van der Waals surface area (Å²) in [7, 11) is -5.07. The molecule has 2 N–H and O–H groups in total. The molecule has 5 aromatic carbocycles. The van der Waals surface area contributed by atoms with Crippen molar-refractivity contribution in [2.45, 2.75) is 68.4 Å². The van der Waals surface area contributed by atoms with Gasteiger partial charge in [-0.25, -0.2) is 26.4 Å². The van der Waals surface area contributed by atoms with Gasteiger partial charge in [-0.05, 0) is 119 Å². The Bertz CT molecular complexity index is 2830. The van der Waals surface area contributed by atoms with Crippen LogP contribution in [0.3, 0.4) is 0 Å². The molecule has 0 aliphatic heterocycles. The van der Waals surface area contributed by atoms with Gasteiger partial charge in [0, 0.05) is 23.2 Å². The predicted molar refractivity (Wildman–Crippen MR) is 260 cm³/mol. The molecule has 68 heavy (non-hydrogen) atoms. The number of alkyl carbamates (subject to hydrolysis) is 2. The molecule has 0 saturated carbocycles. The number of sulfonamides is 1. The first-order valence-electron chi connectivity index (χ1n) is 21.0. The van der Waals surface area contributed by atoms with E-state index in [0.717, 1.165) is 9.87 Å². The van der Waals surface area contributed by atoms with Crippen LogP contribution in [-0.4, -0.2) is 98.8 Å². The monoisotopic (exact) mass is 1080 g/mol.